The molecule has 0 aliphatic rings. The van der Waals surface area contributed by atoms with Gasteiger partial charge in [0.2, 0.25) is 0 Å². The number of likely N-dealkylation sites (N-methyl/N-ethyl adjacent to an activating group) is 1. The number of hydrogen-bond acceptors (Lipinski definition) is 2. The summed E-state index contributed by atoms with van der Waals surface area (Å²) in [5.41, 5.74) is 0.0974. The molecule has 0 bridgehead atoms. The third kappa shape index (κ3) is 2.42. The van der Waals surface area contributed by atoms with Gasteiger partial charge in [0, 0.05) is 17.7 Å². The SMILES string of the molecule is CNCCc1c(F)cc(OC)cc1F. The van der Waals surface area contributed by atoms with Crippen LogP contribution in [0.1, 0.15) is 5.56 Å². The number of rotatable bonds is 4. The number of halogens is 2. The highest BCUT2D eigenvalue weighted by molar-refractivity contribution is 5.30. The predicted octanol–water partition coefficient (Wildman–Crippen LogP) is 1.74. The van der Waals surface area contributed by atoms with Gasteiger partial charge in [0.1, 0.15) is 17.4 Å². The predicted molar refractivity (Wildman–Crippen MR) is 50.5 cm³/mol. The first-order valence-electron chi connectivity index (χ1n) is 4.35. The van der Waals surface area contributed by atoms with E-state index in [0.29, 0.717) is 13.0 Å². The fourth-order valence-electron chi connectivity index (χ4n) is 1.19. The molecule has 2 nitrogen and oxygen atoms in total. The van der Waals surface area contributed by atoms with E-state index in [1.165, 1.54) is 19.2 Å². The van der Waals surface area contributed by atoms with E-state index >= 15 is 0 Å². The minimum Gasteiger partial charge on any atom is -0.497 e. The van der Waals surface area contributed by atoms with Crippen molar-refractivity contribution in [2.75, 3.05) is 20.7 Å². The summed E-state index contributed by atoms with van der Waals surface area (Å²) in [5, 5.41) is 2.83. The third-order valence-corrected chi connectivity index (χ3v) is 1.98. The van der Waals surface area contributed by atoms with Crippen LogP contribution in [0.2, 0.25) is 0 Å². The van der Waals surface area contributed by atoms with Crippen LogP contribution < -0.4 is 10.1 Å². The van der Waals surface area contributed by atoms with Gasteiger partial charge in [-0.3, -0.25) is 0 Å². The molecule has 0 amide bonds. The van der Waals surface area contributed by atoms with E-state index in [2.05, 4.69) is 5.32 Å². The van der Waals surface area contributed by atoms with Gasteiger partial charge in [-0.25, -0.2) is 8.78 Å². The lowest BCUT2D eigenvalue weighted by Crippen LogP contribution is -2.12. The van der Waals surface area contributed by atoms with Gasteiger partial charge in [-0.1, -0.05) is 0 Å². The molecule has 0 spiro atoms. The molecule has 1 rings (SSSR count). The van der Waals surface area contributed by atoms with Gasteiger partial charge in [-0.2, -0.15) is 0 Å². The highest BCUT2D eigenvalue weighted by atomic mass is 19.1. The molecule has 0 atom stereocenters. The first-order valence-corrected chi connectivity index (χ1v) is 4.35. The lowest BCUT2D eigenvalue weighted by Gasteiger charge is -2.06. The van der Waals surface area contributed by atoms with Crippen molar-refractivity contribution in [3.63, 3.8) is 0 Å². The molecule has 0 saturated heterocycles. The quantitative estimate of drug-likeness (QED) is 0.801. The summed E-state index contributed by atoms with van der Waals surface area (Å²) in [4.78, 5) is 0. The van der Waals surface area contributed by atoms with E-state index in [1.807, 2.05) is 0 Å². The van der Waals surface area contributed by atoms with Crippen molar-refractivity contribution in [2.45, 2.75) is 6.42 Å². The van der Waals surface area contributed by atoms with E-state index in [9.17, 15) is 8.78 Å². The average Bonchev–Trinajstić information content (AvgIpc) is 2.16. The van der Waals surface area contributed by atoms with Crippen LogP contribution in [0, 0.1) is 11.6 Å². The smallest absolute Gasteiger partial charge is 0.133 e. The zero-order valence-electron chi connectivity index (χ0n) is 8.23. The fourth-order valence-corrected chi connectivity index (χ4v) is 1.19. The molecule has 0 unspecified atom stereocenters. The first kappa shape index (κ1) is 10.9. The molecule has 0 fully saturated rings. The van der Waals surface area contributed by atoms with Crippen LogP contribution in [-0.2, 0) is 6.42 Å². The summed E-state index contributed by atoms with van der Waals surface area (Å²) < 4.78 is 31.3. The number of benzene rings is 1. The van der Waals surface area contributed by atoms with Crippen molar-refractivity contribution in [3.8, 4) is 5.75 Å². The Hall–Kier alpha value is -1.16. The third-order valence-electron chi connectivity index (χ3n) is 1.98. The maximum absolute atomic E-state index is 13.3. The minimum atomic E-state index is -0.558. The van der Waals surface area contributed by atoms with Crippen molar-refractivity contribution >= 4 is 0 Å². The topological polar surface area (TPSA) is 21.3 Å². The van der Waals surface area contributed by atoms with Gasteiger partial charge in [0.05, 0.1) is 7.11 Å². The Morgan fingerprint density at radius 1 is 1.29 bits per heavy atom. The molecule has 0 radical (unpaired) electrons. The summed E-state index contributed by atoms with van der Waals surface area (Å²) >= 11 is 0. The lowest BCUT2D eigenvalue weighted by molar-refractivity contribution is 0.405. The summed E-state index contributed by atoms with van der Waals surface area (Å²) in [6.45, 7) is 0.542. The number of ether oxygens (including phenoxy) is 1. The van der Waals surface area contributed by atoms with Gasteiger partial charge in [0.15, 0.2) is 0 Å². The minimum absolute atomic E-state index is 0.0974. The molecule has 1 aromatic rings. The molecule has 0 aliphatic heterocycles. The molecule has 1 aromatic carbocycles. The van der Waals surface area contributed by atoms with Crippen molar-refractivity contribution in [3.05, 3.63) is 29.3 Å². The highest BCUT2D eigenvalue weighted by Crippen LogP contribution is 2.20. The van der Waals surface area contributed by atoms with Gasteiger partial charge in [-0.15, -0.1) is 0 Å². The van der Waals surface area contributed by atoms with Crippen LogP contribution in [0.4, 0.5) is 8.78 Å². The van der Waals surface area contributed by atoms with E-state index in [0.717, 1.165) is 0 Å². The lowest BCUT2D eigenvalue weighted by atomic mass is 10.1. The first-order chi connectivity index (χ1) is 6.69. The largest absolute Gasteiger partial charge is 0.497 e. The van der Waals surface area contributed by atoms with Gasteiger partial charge < -0.3 is 10.1 Å². The molecule has 78 valence electrons. The van der Waals surface area contributed by atoms with E-state index in [4.69, 9.17) is 4.74 Å². The highest BCUT2D eigenvalue weighted by Gasteiger charge is 2.10. The Morgan fingerprint density at radius 3 is 2.29 bits per heavy atom. The van der Waals surface area contributed by atoms with Gasteiger partial charge in [0.25, 0.3) is 0 Å². The van der Waals surface area contributed by atoms with Crippen LogP contribution in [0.5, 0.6) is 5.75 Å². The Bertz CT molecular complexity index is 292. The fraction of sp³-hybridized carbons (Fsp3) is 0.400. The summed E-state index contributed by atoms with van der Waals surface area (Å²) in [5.74, 6) is -0.914. The molecular formula is C10H13F2NO. The van der Waals surface area contributed by atoms with Crippen molar-refractivity contribution in [1.82, 2.24) is 5.32 Å². The van der Waals surface area contributed by atoms with E-state index in [-0.39, 0.29) is 11.3 Å². The molecule has 1 N–H and O–H groups in total. The Balaban J connectivity index is 2.93. The zero-order chi connectivity index (χ0) is 10.6. The number of nitrogens with one attached hydrogen (secondary N) is 1. The second-order valence-corrected chi connectivity index (χ2v) is 2.92. The molecule has 0 heterocycles. The average molecular weight is 201 g/mol. The second kappa shape index (κ2) is 4.91. The Labute approximate surface area is 81.9 Å². The van der Waals surface area contributed by atoms with Gasteiger partial charge >= 0.3 is 0 Å². The number of methoxy groups -OCH3 is 1. The molecule has 4 heteroatoms. The summed E-state index contributed by atoms with van der Waals surface area (Å²) in [6.07, 6.45) is 0.332. The van der Waals surface area contributed by atoms with Crippen LogP contribution in [0.3, 0.4) is 0 Å². The van der Waals surface area contributed by atoms with Crippen LogP contribution >= 0.6 is 0 Å². The van der Waals surface area contributed by atoms with Crippen LogP contribution in [0.25, 0.3) is 0 Å². The Morgan fingerprint density at radius 2 is 1.86 bits per heavy atom. The molecule has 0 saturated carbocycles. The second-order valence-electron chi connectivity index (χ2n) is 2.92. The molecular weight excluding hydrogens is 188 g/mol. The maximum atomic E-state index is 13.3. The van der Waals surface area contributed by atoms with Crippen molar-refractivity contribution < 1.29 is 13.5 Å². The van der Waals surface area contributed by atoms with Crippen molar-refractivity contribution in [2.24, 2.45) is 0 Å². The monoisotopic (exact) mass is 201 g/mol. The van der Waals surface area contributed by atoms with Crippen LogP contribution in [-0.4, -0.2) is 20.7 Å². The number of hydrogen-bond donors (Lipinski definition) is 1. The van der Waals surface area contributed by atoms with Crippen LogP contribution in [0.15, 0.2) is 12.1 Å². The van der Waals surface area contributed by atoms with E-state index in [1.54, 1.807) is 7.05 Å². The molecule has 0 aromatic heterocycles. The molecule has 0 aliphatic carbocycles. The normalized spacial score (nSPS) is 10.3. The zero-order valence-corrected chi connectivity index (χ0v) is 8.23. The Kier molecular flexibility index (Phi) is 3.83. The maximum Gasteiger partial charge on any atom is 0.133 e. The van der Waals surface area contributed by atoms with Gasteiger partial charge in [-0.05, 0) is 20.0 Å². The summed E-state index contributed by atoms with van der Waals surface area (Å²) in [7, 11) is 3.11. The van der Waals surface area contributed by atoms with Crippen molar-refractivity contribution in [1.29, 1.82) is 0 Å². The molecule has 14 heavy (non-hydrogen) atoms. The summed E-state index contributed by atoms with van der Waals surface area (Å²) in [6, 6.07) is 2.38. The van der Waals surface area contributed by atoms with E-state index < -0.39 is 11.6 Å². The standard InChI is InChI=1S/C10H13F2NO/c1-13-4-3-8-9(11)5-7(14-2)6-10(8)12/h5-6,13H,3-4H2,1-2H3.